The number of nitrogens with zero attached hydrogens (tertiary/aromatic N) is 5. The first-order chi connectivity index (χ1) is 12.9. The lowest BCUT2D eigenvalue weighted by Crippen LogP contribution is -2.48. The van der Waals surface area contributed by atoms with Crippen molar-refractivity contribution in [1.82, 2.24) is 23.6 Å². The minimum absolute atomic E-state index is 0.325. The molecule has 1 saturated heterocycles. The van der Waals surface area contributed by atoms with Crippen molar-refractivity contribution in [1.29, 1.82) is 0 Å². The fourth-order valence-corrected chi connectivity index (χ4v) is 5.58. The van der Waals surface area contributed by atoms with Crippen molar-refractivity contribution in [3.8, 4) is 0 Å². The van der Waals surface area contributed by atoms with Crippen LogP contribution in [0.1, 0.15) is 24.6 Å². The minimum atomic E-state index is -3.47. The molecule has 2 fully saturated rings. The summed E-state index contributed by atoms with van der Waals surface area (Å²) in [5.74, 6) is 1.61. The van der Waals surface area contributed by atoms with Gasteiger partial charge in [0.25, 0.3) is 0 Å². The molecule has 27 heavy (non-hydrogen) atoms. The van der Waals surface area contributed by atoms with Crippen molar-refractivity contribution < 1.29 is 8.42 Å². The molecule has 0 bridgehead atoms. The first-order valence-corrected chi connectivity index (χ1v) is 11.6. The number of piperazine rings is 1. The van der Waals surface area contributed by atoms with Gasteiger partial charge in [0.2, 0.25) is 10.0 Å². The van der Waals surface area contributed by atoms with Crippen LogP contribution in [0.15, 0.2) is 33.6 Å². The van der Waals surface area contributed by atoms with Gasteiger partial charge in [-0.05, 0) is 43.3 Å². The molecule has 0 N–H and O–H groups in total. The van der Waals surface area contributed by atoms with Gasteiger partial charge < -0.3 is 4.57 Å². The van der Waals surface area contributed by atoms with Crippen LogP contribution in [0.2, 0.25) is 0 Å². The predicted molar refractivity (Wildman–Crippen MR) is 108 cm³/mol. The molecule has 1 aromatic carbocycles. The molecule has 10 heteroatoms. The Labute approximate surface area is 172 Å². The number of aromatic nitrogens is 3. The highest BCUT2D eigenvalue weighted by atomic mass is 79.9. The SMILES string of the molecule is Cn1c(C2CC2)nn(CN2CCN(S(=O)(=O)c3cccc(Br)c3)CC2)c1=S. The fraction of sp³-hybridized carbons (Fsp3) is 0.529. The lowest BCUT2D eigenvalue weighted by molar-refractivity contribution is 0.144. The Bertz CT molecular complexity index is 1000. The molecule has 4 rings (SSSR count). The van der Waals surface area contributed by atoms with Gasteiger partial charge in [-0.1, -0.05) is 22.0 Å². The van der Waals surface area contributed by atoms with Crippen LogP contribution in [0.5, 0.6) is 0 Å². The standard InChI is InChI=1S/C17H22BrN5O2S2/c1-20-16(13-5-6-13)19-23(17(20)26)12-21-7-9-22(10-8-21)27(24,25)15-4-2-3-14(18)11-15/h2-4,11,13H,5-10,12H2,1H3. The highest BCUT2D eigenvalue weighted by molar-refractivity contribution is 9.10. The smallest absolute Gasteiger partial charge is 0.243 e. The molecule has 0 radical (unpaired) electrons. The predicted octanol–water partition coefficient (Wildman–Crippen LogP) is 2.55. The second-order valence-electron chi connectivity index (χ2n) is 7.09. The molecule has 0 unspecified atom stereocenters. The maximum absolute atomic E-state index is 12.8. The topological polar surface area (TPSA) is 63.4 Å². The largest absolute Gasteiger partial charge is 0.307 e. The van der Waals surface area contributed by atoms with E-state index in [0.717, 1.165) is 15.1 Å². The van der Waals surface area contributed by atoms with Crippen molar-refractivity contribution in [2.24, 2.45) is 7.05 Å². The molecular weight excluding hydrogens is 450 g/mol. The second-order valence-corrected chi connectivity index (χ2v) is 10.3. The van der Waals surface area contributed by atoms with E-state index in [9.17, 15) is 8.42 Å². The zero-order chi connectivity index (χ0) is 19.2. The number of rotatable bonds is 5. The van der Waals surface area contributed by atoms with Crippen LogP contribution in [0, 0.1) is 4.77 Å². The van der Waals surface area contributed by atoms with E-state index < -0.39 is 10.0 Å². The van der Waals surface area contributed by atoms with E-state index in [4.69, 9.17) is 12.2 Å². The van der Waals surface area contributed by atoms with E-state index in [-0.39, 0.29) is 0 Å². The first kappa shape index (κ1) is 19.3. The summed E-state index contributed by atoms with van der Waals surface area (Å²) < 4.78 is 32.6. The molecule has 2 heterocycles. The van der Waals surface area contributed by atoms with Gasteiger partial charge in [0.15, 0.2) is 4.77 Å². The Balaban J connectivity index is 1.42. The molecule has 2 aliphatic rings. The molecule has 2 aromatic rings. The van der Waals surface area contributed by atoms with E-state index in [1.165, 1.54) is 12.8 Å². The van der Waals surface area contributed by atoms with Crippen molar-refractivity contribution in [3.05, 3.63) is 39.3 Å². The summed E-state index contributed by atoms with van der Waals surface area (Å²) in [5.41, 5.74) is 0. The summed E-state index contributed by atoms with van der Waals surface area (Å²) in [6.45, 7) is 2.84. The van der Waals surface area contributed by atoms with Crippen molar-refractivity contribution in [2.45, 2.75) is 30.3 Å². The van der Waals surface area contributed by atoms with Crippen LogP contribution < -0.4 is 0 Å². The Morgan fingerprint density at radius 1 is 1.22 bits per heavy atom. The summed E-state index contributed by atoms with van der Waals surface area (Å²) in [7, 11) is -1.49. The summed E-state index contributed by atoms with van der Waals surface area (Å²) in [6, 6.07) is 6.85. The van der Waals surface area contributed by atoms with Gasteiger partial charge in [0.1, 0.15) is 5.82 Å². The Hall–Kier alpha value is -1.07. The average molecular weight is 472 g/mol. The number of benzene rings is 1. The normalized spacial score (nSPS) is 19.5. The van der Waals surface area contributed by atoms with Crippen LogP contribution >= 0.6 is 28.1 Å². The van der Waals surface area contributed by atoms with Gasteiger partial charge in [-0.15, -0.1) is 0 Å². The van der Waals surface area contributed by atoms with Gasteiger partial charge in [-0.25, -0.2) is 13.1 Å². The lowest BCUT2D eigenvalue weighted by atomic mass is 10.4. The number of halogens is 1. The summed E-state index contributed by atoms with van der Waals surface area (Å²) >= 11 is 8.86. The maximum atomic E-state index is 12.8. The molecule has 0 spiro atoms. The van der Waals surface area contributed by atoms with E-state index in [1.807, 2.05) is 22.4 Å². The third-order valence-electron chi connectivity index (χ3n) is 5.12. The van der Waals surface area contributed by atoms with Crippen molar-refractivity contribution in [2.75, 3.05) is 26.2 Å². The van der Waals surface area contributed by atoms with Crippen molar-refractivity contribution >= 4 is 38.2 Å². The molecule has 7 nitrogen and oxygen atoms in total. The Morgan fingerprint density at radius 2 is 1.93 bits per heavy atom. The summed E-state index contributed by atoms with van der Waals surface area (Å²) in [4.78, 5) is 2.53. The van der Waals surface area contributed by atoms with Gasteiger partial charge >= 0.3 is 0 Å². The molecule has 146 valence electrons. The number of hydrogen-bond acceptors (Lipinski definition) is 5. The third-order valence-corrected chi connectivity index (χ3v) is 7.99. The number of hydrogen-bond donors (Lipinski definition) is 0. The van der Waals surface area contributed by atoms with Crippen LogP contribution in [0.25, 0.3) is 0 Å². The van der Waals surface area contributed by atoms with Crippen LogP contribution in [0.3, 0.4) is 0 Å². The van der Waals surface area contributed by atoms with Gasteiger partial charge in [-0.3, -0.25) is 4.90 Å². The summed E-state index contributed by atoms with van der Waals surface area (Å²) in [6.07, 6.45) is 2.37. The van der Waals surface area contributed by atoms with Crippen molar-refractivity contribution in [3.63, 3.8) is 0 Å². The quantitative estimate of drug-likeness (QED) is 0.626. The maximum Gasteiger partial charge on any atom is 0.243 e. The lowest BCUT2D eigenvalue weighted by Gasteiger charge is -2.33. The first-order valence-electron chi connectivity index (χ1n) is 8.98. The molecule has 1 saturated carbocycles. The molecular formula is C17H22BrN5O2S2. The fourth-order valence-electron chi connectivity index (χ4n) is 3.37. The zero-order valence-corrected chi connectivity index (χ0v) is 18.3. The van der Waals surface area contributed by atoms with Crippen LogP contribution in [-0.4, -0.2) is 58.1 Å². The van der Waals surface area contributed by atoms with Gasteiger partial charge in [0, 0.05) is 43.6 Å². The number of sulfonamides is 1. The Kier molecular flexibility index (Phi) is 5.28. The minimum Gasteiger partial charge on any atom is -0.307 e. The van der Waals surface area contributed by atoms with E-state index >= 15 is 0 Å². The highest BCUT2D eigenvalue weighted by Gasteiger charge is 2.31. The molecule has 0 amide bonds. The molecule has 1 aliphatic carbocycles. The molecule has 0 atom stereocenters. The monoisotopic (exact) mass is 471 g/mol. The summed E-state index contributed by atoms with van der Waals surface area (Å²) in [5, 5.41) is 4.69. The highest BCUT2D eigenvalue weighted by Crippen LogP contribution is 2.38. The van der Waals surface area contributed by atoms with E-state index in [1.54, 1.807) is 22.5 Å². The van der Waals surface area contributed by atoms with Gasteiger partial charge in [0.05, 0.1) is 11.6 Å². The third kappa shape index (κ3) is 3.91. The van der Waals surface area contributed by atoms with E-state index in [2.05, 4.69) is 25.9 Å². The van der Waals surface area contributed by atoms with Gasteiger partial charge in [-0.2, -0.15) is 9.40 Å². The van der Waals surface area contributed by atoms with Crippen LogP contribution in [-0.2, 0) is 23.7 Å². The molecule has 1 aromatic heterocycles. The van der Waals surface area contributed by atoms with Crippen LogP contribution in [0.4, 0.5) is 0 Å². The zero-order valence-electron chi connectivity index (χ0n) is 15.1. The molecule has 1 aliphatic heterocycles. The average Bonchev–Trinajstić information content (AvgIpc) is 3.45. The van der Waals surface area contributed by atoms with E-state index in [0.29, 0.717) is 43.7 Å². The second kappa shape index (κ2) is 7.40. The Morgan fingerprint density at radius 3 is 2.56 bits per heavy atom.